The number of nitrogens with zero attached hydrogens (tertiary/aromatic N) is 2. The maximum Gasteiger partial charge on any atom is 0.119 e. The second-order valence-electron chi connectivity index (χ2n) is 11.9. The zero-order chi connectivity index (χ0) is 30.0. The molecule has 43 heavy (non-hydrogen) atoms. The molecule has 2 N–H and O–H groups in total. The highest BCUT2D eigenvalue weighted by Gasteiger charge is 2.18. The van der Waals surface area contributed by atoms with Crippen LogP contribution in [-0.2, 0) is 0 Å². The number of fused-ring (bicyclic) bond motifs is 8. The van der Waals surface area contributed by atoms with E-state index in [2.05, 4.69) is 118 Å². The average molecular weight is 557 g/mol. The van der Waals surface area contributed by atoms with Gasteiger partial charge in [-0.05, 0) is 135 Å². The molecule has 2 aliphatic rings. The lowest BCUT2D eigenvalue weighted by atomic mass is 9.92. The van der Waals surface area contributed by atoms with Crippen molar-refractivity contribution in [1.29, 1.82) is 0 Å². The van der Waals surface area contributed by atoms with Crippen molar-refractivity contribution in [3.63, 3.8) is 0 Å². The molecule has 3 aromatic heterocycles. The third-order valence-corrected chi connectivity index (χ3v) is 8.47. The Labute approximate surface area is 253 Å². The van der Waals surface area contributed by atoms with E-state index < -0.39 is 0 Å². The van der Waals surface area contributed by atoms with Crippen LogP contribution in [0.15, 0.2) is 54.6 Å². The molecule has 4 nitrogen and oxygen atoms in total. The van der Waals surface area contributed by atoms with Crippen molar-refractivity contribution in [2.24, 2.45) is 0 Å². The first-order chi connectivity index (χ1) is 20.7. The van der Waals surface area contributed by atoms with Crippen LogP contribution in [0.5, 0.6) is 0 Å². The summed E-state index contributed by atoms with van der Waals surface area (Å²) in [6.07, 6.45) is 8.28. The van der Waals surface area contributed by atoms with Gasteiger partial charge in [0.1, 0.15) is 7.85 Å². The normalized spacial score (nSPS) is 12.3. The highest BCUT2D eigenvalue weighted by Crippen LogP contribution is 2.37. The van der Waals surface area contributed by atoms with E-state index >= 15 is 0 Å². The van der Waals surface area contributed by atoms with E-state index in [0.29, 0.717) is 5.46 Å². The molecule has 0 fully saturated rings. The fourth-order valence-electron chi connectivity index (χ4n) is 6.84. The van der Waals surface area contributed by atoms with Crippen molar-refractivity contribution in [1.82, 2.24) is 19.9 Å². The van der Waals surface area contributed by atoms with Gasteiger partial charge in [-0.25, -0.2) is 9.97 Å². The van der Waals surface area contributed by atoms with Gasteiger partial charge in [0.15, 0.2) is 0 Å². The van der Waals surface area contributed by atoms with Crippen LogP contribution in [0.3, 0.4) is 0 Å². The summed E-state index contributed by atoms with van der Waals surface area (Å²) < 4.78 is 0. The first-order valence-electron chi connectivity index (χ1n) is 14.7. The lowest BCUT2D eigenvalue weighted by molar-refractivity contribution is 1.28. The van der Waals surface area contributed by atoms with Crippen molar-refractivity contribution in [2.75, 3.05) is 0 Å². The van der Waals surface area contributed by atoms with E-state index in [1.54, 1.807) is 0 Å². The highest BCUT2D eigenvalue weighted by atomic mass is 14.8. The first-order valence-corrected chi connectivity index (χ1v) is 14.7. The van der Waals surface area contributed by atoms with Gasteiger partial charge in [0.2, 0.25) is 0 Å². The topological polar surface area (TPSA) is 57.4 Å². The van der Waals surface area contributed by atoms with Gasteiger partial charge in [0, 0.05) is 33.2 Å². The van der Waals surface area contributed by atoms with Gasteiger partial charge < -0.3 is 9.97 Å². The van der Waals surface area contributed by atoms with E-state index in [-0.39, 0.29) is 0 Å². The van der Waals surface area contributed by atoms with Crippen molar-refractivity contribution in [2.45, 2.75) is 41.5 Å². The fourth-order valence-corrected chi connectivity index (χ4v) is 6.84. The van der Waals surface area contributed by atoms with Gasteiger partial charge in [-0.2, -0.15) is 0 Å². The minimum atomic E-state index is 0.606. The Morgan fingerprint density at radius 3 is 1.60 bits per heavy atom. The Kier molecular flexibility index (Phi) is 6.35. The largest absolute Gasteiger partial charge is 0.355 e. The predicted molar refractivity (Wildman–Crippen MR) is 184 cm³/mol. The number of aromatic amines is 2. The maximum atomic E-state index is 6.83. The Bertz CT molecular complexity index is 2110. The van der Waals surface area contributed by atoms with E-state index in [9.17, 15) is 0 Å². The van der Waals surface area contributed by atoms with Crippen molar-refractivity contribution < 1.29 is 0 Å². The molecule has 2 aliphatic heterocycles. The van der Waals surface area contributed by atoms with Crippen LogP contribution in [0, 0.1) is 41.5 Å². The van der Waals surface area contributed by atoms with Crippen LogP contribution in [0.2, 0.25) is 0 Å². The molecule has 5 heteroatoms. The molecule has 8 bridgehead atoms. The highest BCUT2D eigenvalue weighted by molar-refractivity contribution is 6.38. The molecule has 5 heterocycles. The number of hydrogen-bond donors (Lipinski definition) is 2. The summed E-state index contributed by atoms with van der Waals surface area (Å²) >= 11 is 0. The number of aryl methyl sites for hydroxylation is 6. The minimum Gasteiger partial charge on any atom is -0.355 e. The van der Waals surface area contributed by atoms with Gasteiger partial charge >= 0.3 is 0 Å². The molecule has 208 valence electrons. The molecule has 2 aromatic carbocycles. The van der Waals surface area contributed by atoms with E-state index in [4.69, 9.17) is 17.8 Å². The molecule has 2 radical (unpaired) electrons. The number of rotatable bonds is 2. The van der Waals surface area contributed by atoms with Gasteiger partial charge in [-0.3, -0.25) is 0 Å². The molecule has 0 amide bonds. The summed E-state index contributed by atoms with van der Waals surface area (Å²) in [5.41, 5.74) is 19.7. The summed E-state index contributed by atoms with van der Waals surface area (Å²) in [6, 6.07) is 19.4. The molecule has 0 atom stereocenters. The molecule has 0 spiro atoms. The summed E-state index contributed by atoms with van der Waals surface area (Å²) in [6.45, 7) is 13.0. The van der Waals surface area contributed by atoms with Gasteiger partial charge in [0.25, 0.3) is 0 Å². The van der Waals surface area contributed by atoms with Crippen LogP contribution in [-0.4, -0.2) is 27.8 Å². The quantitative estimate of drug-likeness (QED) is 0.210. The average Bonchev–Trinajstić information content (AvgIpc) is 3.75. The van der Waals surface area contributed by atoms with Crippen molar-refractivity contribution >= 4 is 59.7 Å². The SMILES string of the molecule is [B]c1c2nc(c(-c3c(C)cc(C)cc3C)c3ccc(cc4nc(c(-c5c(C)cc(C)cc5C)c5ccc1[nH]5)C=C4)[nH]3)C=C2. The Balaban J connectivity index is 1.62. The molecule has 0 aliphatic carbocycles. The zero-order valence-electron chi connectivity index (χ0n) is 25.5. The fraction of sp³-hybridized carbons (Fsp3) is 0.158. The summed E-state index contributed by atoms with van der Waals surface area (Å²) in [5, 5.41) is 0. The van der Waals surface area contributed by atoms with Crippen LogP contribution in [0.1, 0.15) is 56.2 Å². The molecule has 0 saturated carbocycles. The molecular weight excluding hydrogens is 523 g/mol. The van der Waals surface area contributed by atoms with Gasteiger partial charge in [-0.15, -0.1) is 0 Å². The van der Waals surface area contributed by atoms with E-state index in [1.165, 1.54) is 44.5 Å². The Hall–Kier alpha value is -4.90. The molecule has 7 rings (SSSR count). The second kappa shape index (κ2) is 10.1. The molecule has 5 aromatic rings. The third kappa shape index (κ3) is 4.66. The lowest BCUT2D eigenvalue weighted by Gasteiger charge is -2.13. The first kappa shape index (κ1) is 27.0. The summed E-state index contributed by atoms with van der Waals surface area (Å²) in [5.74, 6) is 0. The molecule has 0 unspecified atom stereocenters. The second-order valence-corrected chi connectivity index (χ2v) is 11.9. The Morgan fingerprint density at radius 2 is 0.977 bits per heavy atom. The number of aromatic nitrogens is 4. The summed E-state index contributed by atoms with van der Waals surface area (Å²) in [7, 11) is 6.83. The number of nitrogens with one attached hydrogen (secondary N) is 2. The monoisotopic (exact) mass is 556 g/mol. The number of benzene rings is 2. The van der Waals surface area contributed by atoms with E-state index in [1.807, 2.05) is 12.1 Å². The van der Waals surface area contributed by atoms with Crippen LogP contribution in [0.25, 0.3) is 68.6 Å². The molecular formula is C38H33BN4. The van der Waals surface area contributed by atoms with Crippen LogP contribution in [0.4, 0.5) is 0 Å². The predicted octanol–water partition coefficient (Wildman–Crippen LogP) is 8.63. The van der Waals surface area contributed by atoms with Gasteiger partial charge in [0.05, 0.1) is 22.8 Å². The van der Waals surface area contributed by atoms with Crippen LogP contribution >= 0.6 is 0 Å². The Morgan fingerprint density at radius 1 is 0.488 bits per heavy atom. The smallest absolute Gasteiger partial charge is 0.119 e. The zero-order valence-corrected chi connectivity index (χ0v) is 25.5. The van der Waals surface area contributed by atoms with Gasteiger partial charge in [-0.1, -0.05) is 35.4 Å². The number of H-pyrrole nitrogens is 2. The van der Waals surface area contributed by atoms with Crippen LogP contribution < -0.4 is 5.46 Å². The maximum absolute atomic E-state index is 6.83. The van der Waals surface area contributed by atoms with Crippen molar-refractivity contribution in [3.8, 4) is 22.3 Å². The number of hydrogen-bond acceptors (Lipinski definition) is 2. The lowest BCUT2D eigenvalue weighted by Crippen LogP contribution is -2.07. The summed E-state index contributed by atoms with van der Waals surface area (Å²) in [4.78, 5) is 17.5. The standard InChI is InChI=1S/C38H33BN4/c1-20-15-22(3)34(23(4)16-20)36-28-9-7-26(40-28)19-27-8-10-29(41-27)37(35-24(5)17-21(2)18-25(35)6)31-12-14-33(43-31)38(39)32-13-11-30(36)42-32/h7-19,40,43H,1-6H3. The third-order valence-electron chi connectivity index (χ3n) is 8.47. The minimum absolute atomic E-state index is 0.606. The molecule has 0 saturated heterocycles. The van der Waals surface area contributed by atoms with E-state index in [0.717, 1.165) is 56.0 Å². The van der Waals surface area contributed by atoms with Crippen molar-refractivity contribution in [3.05, 3.63) is 111 Å².